The van der Waals surface area contributed by atoms with Crippen LogP contribution in [0.1, 0.15) is 23.2 Å². The first-order chi connectivity index (χ1) is 13.1. The van der Waals surface area contributed by atoms with Crippen molar-refractivity contribution in [1.29, 1.82) is 0 Å². The zero-order chi connectivity index (χ0) is 19.2. The summed E-state index contributed by atoms with van der Waals surface area (Å²) in [5, 5.41) is 10.2. The number of H-pyrrole nitrogens is 1. The largest absolute Gasteiger partial charge is 0.483 e. The summed E-state index contributed by atoms with van der Waals surface area (Å²) in [6, 6.07) is 9.39. The highest BCUT2D eigenvalue weighted by atomic mass is 16.3. The Morgan fingerprint density at radius 2 is 2.00 bits per heavy atom. The molecule has 1 fully saturated rings. The van der Waals surface area contributed by atoms with Crippen LogP contribution < -0.4 is 16.0 Å². The number of rotatable bonds is 4. The molecular weight excluding hydrogens is 348 g/mol. The van der Waals surface area contributed by atoms with E-state index in [-0.39, 0.29) is 6.47 Å². The van der Waals surface area contributed by atoms with Crippen molar-refractivity contribution in [3.05, 3.63) is 42.2 Å². The van der Waals surface area contributed by atoms with E-state index in [0.29, 0.717) is 17.0 Å². The number of fused-ring (bicyclic) bond motifs is 1. The number of nitrogens with one attached hydrogen (secondary N) is 2. The first-order valence-corrected chi connectivity index (χ1v) is 8.46. The third kappa shape index (κ3) is 4.14. The molecule has 1 saturated heterocycles. The predicted molar refractivity (Wildman–Crippen MR) is 102 cm³/mol. The number of carboxylic acid groups (broad SMARTS) is 1. The first-order valence-electron chi connectivity index (χ1n) is 8.46. The van der Waals surface area contributed by atoms with E-state index in [4.69, 9.17) is 15.6 Å². The molecule has 5 N–H and O–H groups in total. The molecule has 9 heteroatoms. The monoisotopic (exact) mass is 368 g/mol. The molecule has 0 spiro atoms. The van der Waals surface area contributed by atoms with Crippen molar-refractivity contribution in [3.63, 3.8) is 0 Å². The molecule has 9 nitrogen and oxygen atoms in total. The normalized spacial score (nSPS) is 13.1. The summed E-state index contributed by atoms with van der Waals surface area (Å²) >= 11 is 0. The minimum absolute atomic E-state index is 0.250. The van der Waals surface area contributed by atoms with E-state index in [1.807, 2.05) is 24.3 Å². The fourth-order valence-corrected chi connectivity index (χ4v) is 3.08. The fourth-order valence-electron chi connectivity index (χ4n) is 3.08. The highest BCUT2D eigenvalue weighted by Crippen LogP contribution is 2.29. The second-order valence-corrected chi connectivity index (χ2v) is 5.99. The van der Waals surface area contributed by atoms with Gasteiger partial charge in [-0.3, -0.25) is 9.59 Å². The van der Waals surface area contributed by atoms with Gasteiger partial charge in [-0.25, -0.2) is 9.97 Å². The Morgan fingerprint density at radius 1 is 1.26 bits per heavy atom. The molecule has 1 amide bonds. The fraction of sp³-hybridized carbons (Fsp3) is 0.222. The maximum atomic E-state index is 11.7. The number of hydrogen-bond acceptors (Lipinski definition) is 6. The summed E-state index contributed by atoms with van der Waals surface area (Å²) in [5.41, 5.74) is 9.38. The highest BCUT2D eigenvalue weighted by molar-refractivity contribution is 5.99. The lowest BCUT2D eigenvalue weighted by Crippen LogP contribution is -2.23. The Hall–Kier alpha value is -3.62. The van der Waals surface area contributed by atoms with Crippen molar-refractivity contribution in [2.75, 3.05) is 23.3 Å². The van der Waals surface area contributed by atoms with E-state index < -0.39 is 5.91 Å². The molecule has 0 unspecified atom stereocenters. The van der Waals surface area contributed by atoms with Crippen molar-refractivity contribution in [3.8, 4) is 0 Å². The Bertz CT molecular complexity index is 949. The molecule has 0 radical (unpaired) electrons. The van der Waals surface area contributed by atoms with Gasteiger partial charge in [0.05, 0.1) is 23.1 Å². The number of anilines is 3. The van der Waals surface area contributed by atoms with Crippen molar-refractivity contribution in [2.24, 2.45) is 5.73 Å². The van der Waals surface area contributed by atoms with Crippen molar-refractivity contribution in [2.45, 2.75) is 12.8 Å². The third-order valence-corrected chi connectivity index (χ3v) is 4.26. The van der Waals surface area contributed by atoms with Gasteiger partial charge in [0.15, 0.2) is 5.65 Å². The van der Waals surface area contributed by atoms with Crippen LogP contribution in [0.15, 0.2) is 36.7 Å². The van der Waals surface area contributed by atoms with Gasteiger partial charge in [-0.05, 0) is 43.2 Å². The Morgan fingerprint density at radius 3 is 2.70 bits per heavy atom. The molecule has 3 heterocycles. The van der Waals surface area contributed by atoms with Gasteiger partial charge in [0.2, 0.25) is 0 Å². The maximum absolute atomic E-state index is 11.7. The van der Waals surface area contributed by atoms with E-state index in [1.165, 1.54) is 0 Å². The lowest BCUT2D eigenvalue weighted by atomic mass is 10.1. The van der Waals surface area contributed by atoms with Crippen LogP contribution in [0, 0.1) is 0 Å². The average Bonchev–Trinajstić information content (AvgIpc) is 3.33. The number of imidazole rings is 1. The van der Waals surface area contributed by atoms with E-state index >= 15 is 0 Å². The second kappa shape index (κ2) is 8.17. The van der Waals surface area contributed by atoms with Crippen LogP contribution >= 0.6 is 0 Å². The van der Waals surface area contributed by atoms with Crippen LogP contribution in [0.3, 0.4) is 0 Å². The van der Waals surface area contributed by atoms with Crippen molar-refractivity contribution < 1.29 is 14.7 Å². The Kier molecular flexibility index (Phi) is 5.50. The summed E-state index contributed by atoms with van der Waals surface area (Å²) < 4.78 is 0. The molecule has 0 saturated carbocycles. The highest BCUT2D eigenvalue weighted by Gasteiger charge is 2.19. The minimum Gasteiger partial charge on any atom is -0.483 e. The summed E-state index contributed by atoms with van der Waals surface area (Å²) in [5.74, 6) is 0.299. The van der Waals surface area contributed by atoms with E-state index in [0.717, 1.165) is 42.8 Å². The molecule has 140 valence electrons. The van der Waals surface area contributed by atoms with Gasteiger partial charge in [-0.1, -0.05) is 0 Å². The zero-order valence-corrected chi connectivity index (χ0v) is 14.6. The number of pyridine rings is 1. The van der Waals surface area contributed by atoms with E-state index in [1.54, 1.807) is 12.4 Å². The zero-order valence-electron chi connectivity index (χ0n) is 14.6. The number of aromatic amines is 1. The number of amides is 1. The Balaban J connectivity index is 0.000000659. The third-order valence-electron chi connectivity index (χ3n) is 4.26. The number of hydrogen-bond donors (Lipinski definition) is 4. The minimum atomic E-state index is -0.403. The summed E-state index contributed by atoms with van der Waals surface area (Å²) in [6.45, 7) is 1.64. The maximum Gasteiger partial charge on any atom is 0.290 e. The molecule has 0 bridgehead atoms. The molecular formula is C18H20N6O3. The number of carbonyl (C=O) groups excluding carboxylic acids is 1. The number of aromatic nitrogens is 3. The van der Waals surface area contributed by atoms with Gasteiger partial charge in [-0.15, -0.1) is 0 Å². The number of carbonyl (C=O) groups is 2. The standard InChI is InChI=1S/C17H18N6O.CH2O2/c18-16(24)12-4-3-11(9-14(12)23-7-1-2-8-23)21-15-6-5-13-17(22-15)20-10-19-13;2-1-3/h3-6,9-10H,1-2,7-8H2,(H2,18,24)(H2,19,20,21,22);1H,(H,2,3). The topological polar surface area (TPSA) is 137 Å². The molecule has 1 aliphatic rings. The summed E-state index contributed by atoms with van der Waals surface area (Å²) in [4.78, 5) is 33.9. The van der Waals surface area contributed by atoms with Crippen LogP contribution in [0.2, 0.25) is 0 Å². The lowest BCUT2D eigenvalue weighted by Gasteiger charge is -2.21. The van der Waals surface area contributed by atoms with Crippen LogP contribution in [-0.2, 0) is 4.79 Å². The van der Waals surface area contributed by atoms with Gasteiger partial charge in [0, 0.05) is 18.8 Å². The molecule has 1 aromatic carbocycles. The van der Waals surface area contributed by atoms with Gasteiger partial charge in [0.1, 0.15) is 5.82 Å². The molecule has 27 heavy (non-hydrogen) atoms. The smallest absolute Gasteiger partial charge is 0.290 e. The molecule has 4 rings (SSSR count). The number of benzene rings is 1. The van der Waals surface area contributed by atoms with Gasteiger partial charge in [0.25, 0.3) is 12.4 Å². The quantitative estimate of drug-likeness (QED) is 0.517. The SMILES string of the molecule is NC(=O)c1ccc(Nc2ccc3[nH]cnc3n2)cc1N1CCCC1.O=CO. The number of nitrogens with two attached hydrogens (primary N) is 1. The van der Waals surface area contributed by atoms with E-state index in [2.05, 4.69) is 25.2 Å². The predicted octanol–water partition coefficient (Wildman–Crippen LogP) is 2.10. The number of nitrogens with zero attached hydrogens (tertiary/aromatic N) is 3. The molecule has 0 atom stereocenters. The molecule has 3 aromatic rings. The second-order valence-electron chi connectivity index (χ2n) is 5.99. The van der Waals surface area contributed by atoms with Crippen LogP contribution in [0.25, 0.3) is 11.2 Å². The van der Waals surface area contributed by atoms with Gasteiger partial charge in [-0.2, -0.15) is 0 Å². The number of primary amides is 1. The van der Waals surface area contributed by atoms with Crippen molar-refractivity contribution in [1.82, 2.24) is 15.0 Å². The van der Waals surface area contributed by atoms with Crippen LogP contribution in [0.4, 0.5) is 17.2 Å². The molecule has 0 aliphatic carbocycles. The first kappa shape index (κ1) is 18.2. The van der Waals surface area contributed by atoms with Gasteiger partial charge < -0.3 is 26.0 Å². The summed E-state index contributed by atoms with van der Waals surface area (Å²) in [7, 11) is 0. The summed E-state index contributed by atoms with van der Waals surface area (Å²) in [6.07, 6.45) is 3.88. The van der Waals surface area contributed by atoms with Crippen molar-refractivity contribution >= 4 is 40.7 Å². The molecule has 1 aliphatic heterocycles. The van der Waals surface area contributed by atoms with Crippen LogP contribution in [-0.4, -0.2) is 45.5 Å². The average molecular weight is 368 g/mol. The van der Waals surface area contributed by atoms with Crippen LogP contribution in [0.5, 0.6) is 0 Å². The van der Waals surface area contributed by atoms with Gasteiger partial charge >= 0.3 is 0 Å². The Labute approximate surface area is 155 Å². The molecule has 2 aromatic heterocycles. The lowest BCUT2D eigenvalue weighted by molar-refractivity contribution is -0.122. The van der Waals surface area contributed by atoms with E-state index in [9.17, 15) is 4.79 Å².